The number of aromatic nitrogens is 3. The lowest BCUT2D eigenvalue weighted by atomic mass is 10.3. The van der Waals surface area contributed by atoms with Gasteiger partial charge in [0.05, 0.1) is 5.54 Å². The van der Waals surface area contributed by atoms with Crippen LogP contribution < -0.4 is 11.1 Å². The molecule has 0 saturated heterocycles. The minimum Gasteiger partial charge on any atom is -0.317 e. The molecule has 1 aromatic heterocycles. The summed E-state index contributed by atoms with van der Waals surface area (Å²) >= 11 is 0. The summed E-state index contributed by atoms with van der Waals surface area (Å²) in [6.07, 6.45) is -3.60. The van der Waals surface area contributed by atoms with Crippen molar-refractivity contribution in [2.75, 3.05) is 5.32 Å². The predicted octanol–water partition coefficient (Wildman–Crippen LogP) is 0.253. The highest BCUT2D eigenvalue weighted by Crippen LogP contribution is 2.33. The van der Waals surface area contributed by atoms with Crippen LogP contribution in [0.2, 0.25) is 0 Å². The molecule has 2 rings (SSSR count). The number of amides is 1. The summed E-state index contributed by atoms with van der Waals surface area (Å²) in [5.74, 6) is -2.25. The van der Waals surface area contributed by atoms with E-state index in [1.165, 1.54) is 0 Å². The lowest BCUT2D eigenvalue weighted by Crippen LogP contribution is -2.38. The fraction of sp³-hybridized carbons (Fsp3) is 0.571. The second kappa shape index (κ2) is 3.17. The third kappa shape index (κ3) is 1.98. The van der Waals surface area contributed by atoms with E-state index >= 15 is 0 Å². The first kappa shape index (κ1) is 10.9. The fourth-order valence-electron chi connectivity index (χ4n) is 1.03. The Balaban J connectivity index is 2.06. The zero-order chi connectivity index (χ0) is 12.0. The van der Waals surface area contributed by atoms with E-state index in [0.29, 0.717) is 12.8 Å². The standard InChI is InChI=1S/C7H8F3N5O/c8-7(9,10)3-12-5(15-14-3)13-4(16)6(11)1-2-6/h1-2,11H2,(H2,12,13,14,15,16). The molecule has 16 heavy (non-hydrogen) atoms. The zero-order valence-electron chi connectivity index (χ0n) is 7.93. The number of halogens is 3. The summed E-state index contributed by atoms with van der Waals surface area (Å²) < 4.78 is 36.3. The van der Waals surface area contributed by atoms with Crippen molar-refractivity contribution in [2.24, 2.45) is 5.73 Å². The van der Waals surface area contributed by atoms with Crippen molar-refractivity contribution in [1.82, 2.24) is 15.2 Å². The average Bonchev–Trinajstić information content (AvgIpc) is 2.75. The van der Waals surface area contributed by atoms with Gasteiger partial charge < -0.3 is 5.73 Å². The van der Waals surface area contributed by atoms with E-state index in [2.05, 4.69) is 15.4 Å². The monoisotopic (exact) mass is 235 g/mol. The van der Waals surface area contributed by atoms with Gasteiger partial charge >= 0.3 is 6.18 Å². The van der Waals surface area contributed by atoms with Crippen LogP contribution in [-0.4, -0.2) is 26.6 Å². The number of carbonyl (C=O) groups is 1. The summed E-state index contributed by atoms with van der Waals surface area (Å²) in [5, 5.41) is 7.02. The normalized spacial score (nSPS) is 18.2. The minimum absolute atomic E-state index is 0.422. The Hall–Kier alpha value is -1.64. The molecular weight excluding hydrogens is 227 g/mol. The summed E-state index contributed by atoms with van der Waals surface area (Å²) in [5.41, 5.74) is 4.56. The average molecular weight is 235 g/mol. The number of carbonyl (C=O) groups excluding carboxylic acids is 1. The van der Waals surface area contributed by atoms with Crippen molar-refractivity contribution in [1.29, 1.82) is 0 Å². The lowest BCUT2D eigenvalue weighted by Gasteiger charge is -2.05. The van der Waals surface area contributed by atoms with Crippen molar-refractivity contribution < 1.29 is 18.0 Å². The van der Waals surface area contributed by atoms with Gasteiger partial charge in [0, 0.05) is 0 Å². The van der Waals surface area contributed by atoms with Gasteiger partial charge in [-0.25, -0.2) is 0 Å². The third-order valence-electron chi connectivity index (χ3n) is 2.22. The molecule has 88 valence electrons. The Kier molecular flexibility index (Phi) is 2.15. The quantitative estimate of drug-likeness (QED) is 0.684. The topological polar surface area (TPSA) is 96.7 Å². The van der Waals surface area contributed by atoms with Crippen LogP contribution in [0.5, 0.6) is 0 Å². The van der Waals surface area contributed by atoms with E-state index in [4.69, 9.17) is 5.73 Å². The number of anilines is 1. The Labute approximate surface area is 87.4 Å². The van der Waals surface area contributed by atoms with Crippen LogP contribution in [0.1, 0.15) is 18.7 Å². The fourth-order valence-corrected chi connectivity index (χ4v) is 1.03. The number of rotatable bonds is 2. The molecule has 1 saturated carbocycles. The van der Waals surface area contributed by atoms with E-state index < -0.39 is 29.4 Å². The van der Waals surface area contributed by atoms with Crippen LogP contribution in [-0.2, 0) is 11.0 Å². The molecule has 0 unspecified atom stereocenters. The molecule has 0 radical (unpaired) electrons. The van der Waals surface area contributed by atoms with Gasteiger partial charge in [-0.15, -0.1) is 5.10 Å². The molecule has 9 heteroatoms. The first-order chi connectivity index (χ1) is 7.31. The van der Waals surface area contributed by atoms with Crippen molar-refractivity contribution in [3.8, 4) is 0 Å². The molecule has 0 aromatic carbocycles. The summed E-state index contributed by atoms with van der Waals surface area (Å²) in [4.78, 5) is 14.4. The zero-order valence-corrected chi connectivity index (χ0v) is 7.93. The second-order valence-electron chi connectivity index (χ2n) is 3.62. The lowest BCUT2D eigenvalue weighted by molar-refractivity contribution is -0.144. The van der Waals surface area contributed by atoms with Crippen LogP contribution in [0.3, 0.4) is 0 Å². The van der Waals surface area contributed by atoms with Crippen LogP contribution in [0.15, 0.2) is 0 Å². The highest BCUT2D eigenvalue weighted by molar-refractivity contribution is 5.98. The van der Waals surface area contributed by atoms with Gasteiger partial charge in [0.25, 0.3) is 0 Å². The maximum absolute atomic E-state index is 12.1. The molecule has 0 aliphatic heterocycles. The maximum Gasteiger partial charge on any atom is 0.451 e. The second-order valence-corrected chi connectivity index (χ2v) is 3.62. The highest BCUT2D eigenvalue weighted by atomic mass is 19.4. The number of nitrogens with two attached hydrogens (primary N) is 1. The van der Waals surface area contributed by atoms with Crippen molar-refractivity contribution in [3.63, 3.8) is 0 Å². The predicted molar refractivity (Wildman–Crippen MR) is 46.2 cm³/mol. The van der Waals surface area contributed by atoms with Gasteiger partial charge in [0.1, 0.15) is 0 Å². The molecule has 0 atom stereocenters. The van der Waals surface area contributed by atoms with Gasteiger partial charge in [-0.05, 0) is 12.8 Å². The van der Waals surface area contributed by atoms with Crippen LogP contribution in [0.4, 0.5) is 19.1 Å². The molecule has 1 amide bonds. The van der Waals surface area contributed by atoms with Crippen molar-refractivity contribution in [2.45, 2.75) is 24.6 Å². The number of hydrogen-bond donors (Lipinski definition) is 3. The number of H-pyrrole nitrogens is 1. The molecule has 0 spiro atoms. The highest BCUT2D eigenvalue weighted by Gasteiger charge is 2.46. The Bertz CT molecular complexity index is 422. The van der Waals surface area contributed by atoms with E-state index in [9.17, 15) is 18.0 Å². The van der Waals surface area contributed by atoms with E-state index in [1.54, 1.807) is 5.10 Å². The molecule has 1 heterocycles. The summed E-state index contributed by atoms with van der Waals surface area (Å²) in [7, 11) is 0. The number of nitrogens with one attached hydrogen (secondary N) is 2. The molecule has 6 nitrogen and oxygen atoms in total. The number of aromatic amines is 1. The van der Waals surface area contributed by atoms with Crippen LogP contribution in [0, 0.1) is 0 Å². The maximum atomic E-state index is 12.1. The first-order valence-electron chi connectivity index (χ1n) is 4.41. The molecule has 1 fully saturated rings. The Morgan fingerprint density at radius 2 is 2.12 bits per heavy atom. The molecule has 0 bridgehead atoms. The van der Waals surface area contributed by atoms with E-state index in [-0.39, 0.29) is 0 Å². The van der Waals surface area contributed by atoms with Crippen molar-refractivity contribution in [3.05, 3.63) is 5.82 Å². The van der Waals surface area contributed by atoms with Crippen LogP contribution >= 0.6 is 0 Å². The van der Waals surface area contributed by atoms with Gasteiger partial charge in [-0.2, -0.15) is 18.2 Å². The summed E-state index contributed by atoms with van der Waals surface area (Å²) in [6.45, 7) is 0. The van der Waals surface area contributed by atoms with Crippen molar-refractivity contribution >= 4 is 11.9 Å². The molecule has 1 aliphatic rings. The molecule has 1 aliphatic carbocycles. The van der Waals surface area contributed by atoms with Gasteiger partial charge in [-0.1, -0.05) is 0 Å². The number of hydrogen-bond acceptors (Lipinski definition) is 4. The van der Waals surface area contributed by atoms with Gasteiger partial charge in [0.2, 0.25) is 17.7 Å². The number of nitrogens with zero attached hydrogens (tertiary/aromatic N) is 2. The third-order valence-corrected chi connectivity index (χ3v) is 2.22. The Morgan fingerprint density at radius 1 is 1.50 bits per heavy atom. The Morgan fingerprint density at radius 3 is 2.56 bits per heavy atom. The largest absolute Gasteiger partial charge is 0.451 e. The van der Waals surface area contributed by atoms with Gasteiger partial charge in [-0.3, -0.25) is 15.2 Å². The minimum atomic E-state index is -4.62. The number of alkyl halides is 3. The SMILES string of the molecule is NC1(C(=O)Nc2n[nH]c(C(F)(F)F)n2)CC1. The van der Waals surface area contributed by atoms with E-state index in [0.717, 1.165) is 0 Å². The summed E-state index contributed by atoms with van der Waals surface area (Å²) in [6, 6.07) is 0. The smallest absolute Gasteiger partial charge is 0.317 e. The molecule has 1 aromatic rings. The first-order valence-corrected chi connectivity index (χ1v) is 4.41. The van der Waals surface area contributed by atoms with E-state index in [1.807, 2.05) is 0 Å². The molecule has 4 N–H and O–H groups in total. The van der Waals surface area contributed by atoms with Gasteiger partial charge in [0.15, 0.2) is 0 Å². The van der Waals surface area contributed by atoms with Crippen LogP contribution in [0.25, 0.3) is 0 Å². The molecular formula is C7H8F3N5O.